The fraction of sp³-hybridized carbons (Fsp3) is 0.375. The van der Waals surface area contributed by atoms with Crippen molar-refractivity contribution >= 4 is 23.4 Å². The summed E-state index contributed by atoms with van der Waals surface area (Å²) in [5.74, 6) is 0.409. The highest BCUT2D eigenvalue weighted by molar-refractivity contribution is 6.23. The highest BCUT2D eigenvalue weighted by atomic mass is 16.2. The van der Waals surface area contributed by atoms with Gasteiger partial charge in [-0.05, 0) is 67.3 Å². The van der Waals surface area contributed by atoms with Crippen LogP contribution >= 0.6 is 0 Å². The van der Waals surface area contributed by atoms with Crippen LogP contribution < -0.4 is 4.90 Å². The van der Waals surface area contributed by atoms with E-state index in [-0.39, 0.29) is 30.2 Å². The first-order valence-corrected chi connectivity index (χ1v) is 14.0. The predicted molar refractivity (Wildman–Crippen MR) is 149 cm³/mol. The molecule has 39 heavy (non-hydrogen) atoms. The van der Waals surface area contributed by atoms with Gasteiger partial charge in [0.2, 0.25) is 5.91 Å². The maximum Gasteiger partial charge on any atom is 0.263 e. The second-order valence-corrected chi connectivity index (χ2v) is 11.0. The summed E-state index contributed by atoms with van der Waals surface area (Å²) in [6.07, 6.45) is 8.07. The molecule has 7 nitrogen and oxygen atoms in total. The summed E-state index contributed by atoms with van der Waals surface area (Å²) in [6, 6.07) is 19.8. The lowest BCUT2D eigenvalue weighted by Crippen LogP contribution is -2.46. The van der Waals surface area contributed by atoms with Crippen molar-refractivity contribution in [3.63, 3.8) is 0 Å². The summed E-state index contributed by atoms with van der Waals surface area (Å²) in [5, 5.41) is 0. The highest BCUT2D eigenvalue weighted by Crippen LogP contribution is 2.35. The Morgan fingerprint density at radius 3 is 2.26 bits per heavy atom. The number of amides is 3. The number of hydrogen-bond acceptors (Lipinski definition) is 5. The quantitative estimate of drug-likeness (QED) is 0.443. The van der Waals surface area contributed by atoms with E-state index in [9.17, 15) is 14.4 Å². The predicted octanol–water partition coefficient (Wildman–Crippen LogP) is 4.58. The monoisotopic (exact) mass is 522 g/mol. The van der Waals surface area contributed by atoms with E-state index in [4.69, 9.17) is 0 Å². The van der Waals surface area contributed by atoms with Crippen LogP contribution in [0.1, 0.15) is 57.5 Å². The maximum absolute atomic E-state index is 13.4. The molecule has 0 spiro atoms. The number of benzene rings is 2. The number of pyridine rings is 1. The van der Waals surface area contributed by atoms with Crippen LogP contribution in [0, 0.1) is 11.8 Å². The van der Waals surface area contributed by atoms with Crippen LogP contribution in [-0.4, -0.2) is 58.7 Å². The summed E-state index contributed by atoms with van der Waals surface area (Å²) in [5.41, 5.74) is 3.93. The van der Waals surface area contributed by atoms with Gasteiger partial charge >= 0.3 is 0 Å². The lowest BCUT2D eigenvalue weighted by molar-refractivity contribution is -0.137. The summed E-state index contributed by atoms with van der Waals surface area (Å²) < 4.78 is 0. The minimum absolute atomic E-state index is 0.0168. The lowest BCUT2D eigenvalue weighted by Gasteiger charge is -2.38. The largest absolute Gasteiger partial charge is 0.371 e. The van der Waals surface area contributed by atoms with Crippen LogP contribution in [0.5, 0.6) is 0 Å². The lowest BCUT2D eigenvalue weighted by atomic mass is 9.88. The van der Waals surface area contributed by atoms with Crippen molar-refractivity contribution in [1.82, 2.24) is 14.8 Å². The first kappa shape index (κ1) is 25.3. The molecule has 0 bridgehead atoms. The van der Waals surface area contributed by atoms with Gasteiger partial charge in [-0.15, -0.1) is 0 Å². The molecule has 3 aliphatic heterocycles. The normalized spacial score (nSPS) is 18.5. The maximum atomic E-state index is 13.4. The average molecular weight is 523 g/mol. The van der Waals surface area contributed by atoms with Crippen LogP contribution in [0.25, 0.3) is 0 Å². The van der Waals surface area contributed by atoms with Crippen molar-refractivity contribution in [2.45, 2.75) is 38.6 Å². The fourth-order valence-electron chi connectivity index (χ4n) is 6.33. The zero-order valence-corrected chi connectivity index (χ0v) is 22.2. The third kappa shape index (κ3) is 5.18. The van der Waals surface area contributed by atoms with E-state index in [1.165, 1.54) is 10.5 Å². The zero-order chi connectivity index (χ0) is 26.8. The Hall–Kier alpha value is -4.00. The Labute approximate surface area is 229 Å². The van der Waals surface area contributed by atoms with Crippen LogP contribution in [0.2, 0.25) is 0 Å². The number of aromatic nitrogens is 1. The smallest absolute Gasteiger partial charge is 0.263 e. The standard InChI is InChI=1S/C32H34N4O3/c37-30(35-16-11-24(12-17-35)20-23-6-2-1-3-7-23)26-13-18-34(19-14-26)28-10-4-9-27-29(28)32(39)36(31(27)38)22-25-8-5-15-33-21-25/h1-10,15,21,24,26H,11-14,16-20,22H2. The number of likely N-dealkylation sites (tertiary alicyclic amines) is 1. The SMILES string of the molecule is O=C(C1CCN(c2cccc3c2C(=O)N(Cc2cccnc2)C3=O)CC1)N1CCC(Cc2ccccc2)CC1. The van der Waals surface area contributed by atoms with Gasteiger partial charge in [-0.2, -0.15) is 0 Å². The van der Waals surface area contributed by atoms with Crippen molar-refractivity contribution in [3.8, 4) is 0 Å². The van der Waals surface area contributed by atoms with E-state index >= 15 is 0 Å². The van der Waals surface area contributed by atoms with Crippen molar-refractivity contribution < 1.29 is 14.4 Å². The molecule has 2 saturated heterocycles. The van der Waals surface area contributed by atoms with Crippen molar-refractivity contribution in [2.24, 2.45) is 11.8 Å². The molecule has 3 aliphatic rings. The second kappa shape index (κ2) is 11.0. The van der Waals surface area contributed by atoms with Crippen molar-refractivity contribution in [2.75, 3.05) is 31.1 Å². The number of imide groups is 1. The van der Waals surface area contributed by atoms with Crippen LogP contribution in [0.15, 0.2) is 73.1 Å². The summed E-state index contributed by atoms with van der Waals surface area (Å²) in [4.78, 5) is 49.5. The van der Waals surface area contributed by atoms with Crippen molar-refractivity contribution in [1.29, 1.82) is 0 Å². The van der Waals surface area contributed by atoms with Gasteiger partial charge in [0, 0.05) is 44.5 Å². The molecule has 0 radical (unpaired) electrons. The van der Waals surface area contributed by atoms with E-state index in [1.54, 1.807) is 24.5 Å². The highest BCUT2D eigenvalue weighted by Gasteiger charge is 2.39. The molecule has 3 aromatic rings. The van der Waals surface area contributed by atoms with Gasteiger partial charge in [0.15, 0.2) is 0 Å². The van der Waals surface area contributed by atoms with Gasteiger partial charge in [0.1, 0.15) is 0 Å². The van der Waals surface area contributed by atoms with E-state index in [0.29, 0.717) is 30.1 Å². The molecule has 6 rings (SSSR count). The number of carbonyl (C=O) groups excluding carboxylic acids is 3. The number of piperidine rings is 2. The minimum atomic E-state index is -0.263. The number of nitrogens with zero attached hydrogens (tertiary/aromatic N) is 4. The second-order valence-electron chi connectivity index (χ2n) is 11.0. The number of anilines is 1. The Balaban J connectivity index is 1.06. The van der Waals surface area contributed by atoms with E-state index in [1.807, 2.05) is 18.2 Å². The molecule has 0 aliphatic carbocycles. The molecule has 0 unspecified atom stereocenters. The summed E-state index contributed by atoms with van der Waals surface area (Å²) in [7, 11) is 0. The Kier molecular flexibility index (Phi) is 7.14. The van der Waals surface area contributed by atoms with Crippen LogP contribution in [-0.2, 0) is 17.8 Å². The van der Waals surface area contributed by atoms with E-state index in [2.05, 4.69) is 45.1 Å². The third-order valence-electron chi connectivity index (χ3n) is 8.52. The third-order valence-corrected chi connectivity index (χ3v) is 8.52. The van der Waals surface area contributed by atoms with Gasteiger partial charge < -0.3 is 9.80 Å². The van der Waals surface area contributed by atoms with Gasteiger partial charge in [-0.1, -0.05) is 42.5 Å². The van der Waals surface area contributed by atoms with Gasteiger partial charge in [-0.25, -0.2) is 0 Å². The Morgan fingerprint density at radius 1 is 0.795 bits per heavy atom. The molecule has 2 aromatic carbocycles. The number of hydrogen-bond donors (Lipinski definition) is 0. The Bertz CT molecular complexity index is 1340. The minimum Gasteiger partial charge on any atom is -0.371 e. The zero-order valence-electron chi connectivity index (χ0n) is 22.2. The molecule has 2 fully saturated rings. The fourth-order valence-corrected chi connectivity index (χ4v) is 6.33. The molecule has 0 N–H and O–H groups in total. The Morgan fingerprint density at radius 2 is 1.54 bits per heavy atom. The first-order chi connectivity index (χ1) is 19.1. The summed E-state index contributed by atoms with van der Waals surface area (Å²) in [6.45, 7) is 3.28. The molecule has 200 valence electrons. The molecular formula is C32H34N4O3. The molecule has 3 amide bonds. The molecule has 1 aromatic heterocycles. The van der Waals surface area contributed by atoms with Crippen LogP contribution in [0.3, 0.4) is 0 Å². The number of fused-ring (bicyclic) bond motifs is 1. The molecular weight excluding hydrogens is 488 g/mol. The molecule has 4 heterocycles. The first-order valence-electron chi connectivity index (χ1n) is 14.0. The topological polar surface area (TPSA) is 73.8 Å². The summed E-state index contributed by atoms with van der Waals surface area (Å²) >= 11 is 0. The molecule has 0 saturated carbocycles. The van der Waals surface area contributed by atoms with Gasteiger partial charge in [-0.3, -0.25) is 24.3 Å². The van der Waals surface area contributed by atoms with Crippen LogP contribution in [0.4, 0.5) is 5.69 Å². The molecule has 0 atom stereocenters. The van der Waals surface area contributed by atoms with Crippen molar-refractivity contribution in [3.05, 3.63) is 95.3 Å². The van der Waals surface area contributed by atoms with Gasteiger partial charge in [0.05, 0.1) is 23.4 Å². The number of rotatable bonds is 6. The number of carbonyl (C=O) groups is 3. The average Bonchev–Trinajstić information content (AvgIpc) is 3.23. The van der Waals surface area contributed by atoms with Gasteiger partial charge in [0.25, 0.3) is 11.8 Å². The molecule has 7 heteroatoms. The van der Waals surface area contributed by atoms with E-state index in [0.717, 1.165) is 56.4 Å². The van der Waals surface area contributed by atoms with E-state index < -0.39 is 0 Å².